The highest BCUT2D eigenvalue weighted by atomic mass is 16.2. The van der Waals surface area contributed by atoms with Crippen molar-refractivity contribution in [2.24, 2.45) is 0 Å². The van der Waals surface area contributed by atoms with Gasteiger partial charge >= 0.3 is 6.03 Å². The second-order valence-corrected chi connectivity index (χ2v) is 5.43. The van der Waals surface area contributed by atoms with Crippen molar-refractivity contribution >= 4 is 17.4 Å². The summed E-state index contributed by atoms with van der Waals surface area (Å²) in [5.74, 6) is 0. The van der Waals surface area contributed by atoms with Crippen LogP contribution in [0, 0.1) is 0 Å². The first-order chi connectivity index (χ1) is 9.72. The third-order valence-corrected chi connectivity index (χ3v) is 3.83. The average molecular weight is 275 g/mol. The van der Waals surface area contributed by atoms with Crippen molar-refractivity contribution in [2.75, 3.05) is 30.3 Å². The summed E-state index contributed by atoms with van der Waals surface area (Å²) in [5, 5.41) is 0. The van der Waals surface area contributed by atoms with Gasteiger partial charge in [-0.05, 0) is 30.7 Å². The van der Waals surface area contributed by atoms with Crippen molar-refractivity contribution in [3.05, 3.63) is 24.3 Å². The van der Waals surface area contributed by atoms with Crippen LogP contribution in [0.4, 0.5) is 16.2 Å². The van der Waals surface area contributed by atoms with Gasteiger partial charge in [-0.2, -0.15) is 0 Å². The molecule has 110 valence electrons. The normalized spacial score (nSPS) is 15.2. The Labute approximate surface area is 121 Å². The molecule has 0 aliphatic carbocycles. The van der Waals surface area contributed by atoms with E-state index in [0.717, 1.165) is 37.4 Å². The predicted molar refractivity (Wildman–Crippen MR) is 83.9 cm³/mol. The van der Waals surface area contributed by atoms with E-state index < -0.39 is 0 Å². The second-order valence-electron chi connectivity index (χ2n) is 5.43. The van der Waals surface area contributed by atoms with Crippen molar-refractivity contribution in [1.29, 1.82) is 0 Å². The molecule has 0 spiro atoms. The van der Waals surface area contributed by atoms with Crippen LogP contribution in [0.15, 0.2) is 24.3 Å². The summed E-state index contributed by atoms with van der Waals surface area (Å²) in [6, 6.07) is 7.65. The molecule has 0 atom stereocenters. The van der Waals surface area contributed by atoms with Crippen LogP contribution in [0.1, 0.15) is 39.0 Å². The van der Waals surface area contributed by atoms with E-state index >= 15 is 0 Å². The topological polar surface area (TPSA) is 49.6 Å². The Kier molecular flexibility index (Phi) is 5.27. The summed E-state index contributed by atoms with van der Waals surface area (Å²) < 4.78 is 0. The summed E-state index contributed by atoms with van der Waals surface area (Å²) in [6.07, 6.45) is 6.17. The van der Waals surface area contributed by atoms with Crippen LogP contribution in [0.2, 0.25) is 0 Å². The summed E-state index contributed by atoms with van der Waals surface area (Å²) in [7, 11) is 0. The number of nitrogen functional groups attached to an aromatic ring is 1. The zero-order valence-electron chi connectivity index (χ0n) is 12.3. The molecule has 1 heterocycles. The lowest BCUT2D eigenvalue weighted by molar-refractivity contribution is 0.219. The quantitative estimate of drug-likeness (QED) is 0.612. The Hall–Kier alpha value is -1.71. The average Bonchev–Trinajstić information content (AvgIpc) is 2.81. The molecule has 4 nitrogen and oxygen atoms in total. The maximum absolute atomic E-state index is 12.3. The number of anilines is 2. The van der Waals surface area contributed by atoms with Gasteiger partial charge in [-0.1, -0.05) is 32.6 Å². The Morgan fingerprint density at radius 3 is 2.45 bits per heavy atom. The van der Waals surface area contributed by atoms with Crippen LogP contribution in [0.5, 0.6) is 0 Å². The van der Waals surface area contributed by atoms with Crippen LogP contribution in [0.3, 0.4) is 0 Å². The van der Waals surface area contributed by atoms with E-state index in [-0.39, 0.29) is 6.03 Å². The number of nitrogens with zero attached hydrogens (tertiary/aromatic N) is 2. The summed E-state index contributed by atoms with van der Waals surface area (Å²) >= 11 is 0. The number of unbranched alkanes of at least 4 members (excludes halogenated alkanes) is 4. The summed E-state index contributed by atoms with van der Waals surface area (Å²) in [5.41, 5.74) is 7.35. The van der Waals surface area contributed by atoms with E-state index in [0.29, 0.717) is 0 Å². The lowest BCUT2D eigenvalue weighted by atomic mass is 10.1. The van der Waals surface area contributed by atoms with E-state index in [1.54, 1.807) is 0 Å². The van der Waals surface area contributed by atoms with E-state index in [4.69, 9.17) is 5.73 Å². The minimum atomic E-state index is 0.130. The maximum Gasteiger partial charge on any atom is 0.324 e. The van der Waals surface area contributed by atoms with Crippen LogP contribution in [-0.4, -0.2) is 30.6 Å². The van der Waals surface area contributed by atoms with Gasteiger partial charge in [0, 0.05) is 31.0 Å². The number of urea groups is 1. The summed E-state index contributed by atoms with van der Waals surface area (Å²) in [4.78, 5) is 16.1. The van der Waals surface area contributed by atoms with Gasteiger partial charge in [0.1, 0.15) is 0 Å². The van der Waals surface area contributed by atoms with Gasteiger partial charge in [0.05, 0.1) is 0 Å². The fourth-order valence-corrected chi connectivity index (χ4v) is 2.59. The molecule has 1 saturated heterocycles. The Morgan fingerprint density at radius 2 is 1.75 bits per heavy atom. The van der Waals surface area contributed by atoms with Crippen LogP contribution < -0.4 is 10.6 Å². The van der Waals surface area contributed by atoms with Crippen LogP contribution >= 0.6 is 0 Å². The standard InChI is InChI=1S/C16H25N3O/c1-2-3-4-5-6-11-18-12-13-19(16(18)20)15-9-7-14(17)8-10-15/h7-10H,2-6,11-13,17H2,1H3. The molecule has 4 heteroatoms. The van der Waals surface area contributed by atoms with Gasteiger partial charge in [-0.25, -0.2) is 4.79 Å². The highest BCUT2D eigenvalue weighted by molar-refractivity contribution is 5.94. The van der Waals surface area contributed by atoms with Crippen molar-refractivity contribution in [2.45, 2.75) is 39.0 Å². The number of amides is 2. The van der Waals surface area contributed by atoms with Crippen molar-refractivity contribution in [1.82, 2.24) is 4.90 Å². The van der Waals surface area contributed by atoms with E-state index in [1.165, 1.54) is 25.7 Å². The molecule has 0 aromatic heterocycles. The first-order valence-corrected chi connectivity index (χ1v) is 7.64. The van der Waals surface area contributed by atoms with Gasteiger partial charge in [-0.15, -0.1) is 0 Å². The number of hydrogen-bond donors (Lipinski definition) is 1. The van der Waals surface area contributed by atoms with Crippen LogP contribution in [0.25, 0.3) is 0 Å². The molecule has 1 aliphatic heterocycles. The second kappa shape index (κ2) is 7.17. The molecular weight excluding hydrogens is 250 g/mol. The smallest absolute Gasteiger partial charge is 0.324 e. The zero-order valence-corrected chi connectivity index (χ0v) is 12.3. The molecular formula is C16H25N3O. The molecule has 0 saturated carbocycles. The van der Waals surface area contributed by atoms with Gasteiger partial charge in [0.2, 0.25) is 0 Å². The largest absolute Gasteiger partial charge is 0.399 e. The monoisotopic (exact) mass is 275 g/mol. The molecule has 0 bridgehead atoms. The highest BCUT2D eigenvalue weighted by Gasteiger charge is 2.28. The number of carbonyl (C=O) groups is 1. The fourth-order valence-electron chi connectivity index (χ4n) is 2.59. The molecule has 20 heavy (non-hydrogen) atoms. The number of carbonyl (C=O) groups excluding carboxylic acids is 1. The predicted octanol–water partition coefficient (Wildman–Crippen LogP) is 3.48. The summed E-state index contributed by atoms with van der Waals surface area (Å²) in [6.45, 7) is 4.71. The minimum Gasteiger partial charge on any atom is -0.399 e. The number of hydrogen-bond acceptors (Lipinski definition) is 2. The first kappa shape index (κ1) is 14.7. The Morgan fingerprint density at radius 1 is 1.05 bits per heavy atom. The zero-order chi connectivity index (χ0) is 14.4. The molecule has 1 aliphatic rings. The van der Waals surface area contributed by atoms with Crippen molar-refractivity contribution < 1.29 is 4.79 Å². The lowest BCUT2D eigenvalue weighted by Gasteiger charge is -2.18. The van der Waals surface area contributed by atoms with Crippen molar-refractivity contribution in [3.8, 4) is 0 Å². The number of nitrogens with two attached hydrogens (primary N) is 1. The third kappa shape index (κ3) is 3.65. The van der Waals surface area contributed by atoms with Gasteiger partial charge in [0.15, 0.2) is 0 Å². The molecule has 2 rings (SSSR count). The number of rotatable bonds is 7. The molecule has 2 amide bonds. The highest BCUT2D eigenvalue weighted by Crippen LogP contribution is 2.21. The Bertz CT molecular complexity index is 430. The van der Waals surface area contributed by atoms with Crippen molar-refractivity contribution in [3.63, 3.8) is 0 Å². The Balaban J connectivity index is 1.81. The minimum absolute atomic E-state index is 0.130. The molecule has 0 unspecified atom stereocenters. The van der Waals surface area contributed by atoms with E-state index in [9.17, 15) is 4.79 Å². The SMILES string of the molecule is CCCCCCCN1CCN(c2ccc(N)cc2)C1=O. The molecule has 2 N–H and O–H groups in total. The van der Waals surface area contributed by atoms with E-state index in [2.05, 4.69) is 6.92 Å². The fraction of sp³-hybridized carbons (Fsp3) is 0.562. The van der Waals surface area contributed by atoms with Gasteiger partial charge in [0.25, 0.3) is 0 Å². The van der Waals surface area contributed by atoms with Gasteiger partial charge < -0.3 is 10.6 Å². The number of benzene rings is 1. The first-order valence-electron chi connectivity index (χ1n) is 7.64. The molecule has 1 fully saturated rings. The molecule has 0 radical (unpaired) electrons. The van der Waals surface area contributed by atoms with Gasteiger partial charge in [-0.3, -0.25) is 4.90 Å². The lowest BCUT2D eigenvalue weighted by Crippen LogP contribution is -2.32. The van der Waals surface area contributed by atoms with E-state index in [1.807, 2.05) is 34.1 Å². The third-order valence-electron chi connectivity index (χ3n) is 3.83. The molecule has 1 aromatic carbocycles. The molecule has 1 aromatic rings. The maximum atomic E-state index is 12.3. The van der Waals surface area contributed by atoms with Crippen LogP contribution in [-0.2, 0) is 0 Å².